The van der Waals surface area contributed by atoms with Gasteiger partial charge in [-0.1, -0.05) is 25.3 Å². The summed E-state index contributed by atoms with van der Waals surface area (Å²) in [7, 11) is 11.5. The average molecular weight is 813 g/mol. The first-order valence-corrected chi connectivity index (χ1v) is 30.3. The molecule has 0 aliphatic rings. The SMILES string of the molecule is CN(C)P(C)(=N[P+](N=P(C)(C)C)(N=P(C)(N(C)C)N(C)C)N=P(NCCOCCOCCO[Si](C)(C)C(C)(C)C)(N(C)C)N(C)C)N(C)C. The van der Waals surface area contributed by atoms with E-state index in [9.17, 15) is 0 Å². The molecule has 0 amide bonds. The second-order valence-electron chi connectivity index (χ2n) is 16.0. The highest BCUT2D eigenvalue weighted by atomic mass is 31.3. The van der Waals surface area contributed by atoms with Crippen LogP contribution in [0.2, 0.25) is 18.1 Å². The van der Waals surface area contributed by atoms with Crippen LogP contribution in [-0.4, -0.2) is 194 Å². The fraction of sp³-hybridized carbons (Fsp3) is 1.00. The van der Waals surface area contributed by atoms with E-state index in [1.807, 2.05) is 0 Å². The molecular weight excluding hydrogens is 733 g/mol. The number of nitrogens with one attached hydrogen (secondary N) is 1. The van der Waals surface area contributed by atoms with Gasteiger partial charge in [0.15, 0.2) is 8.32 Å². The van der Waals surface area contributed by atoms with Crippen molar-refractivity contribution in [3.05, 3.63) is 0 Å². The minimum Gasteiger partial charge on any atom is -0.414 e. The molecule has 0 unspecified atom stereocenters. The van der Waals surface area contributed by atoms with Gasteiger partial charge in [0.25, 0.3) is 0 Å². The van der Waals surface area contributed by atoms with E-state index in [4.69, 9.17) is 32.0 Å². The number of hydrogen-bond acceptors (Lipinski definition) is 7. The van der Waals surface area contributed by atoms with Crippen molar-refractivity contribution in [3.63, 3.8) is 0 Å². The molecule has 0 spiro atoms. The molecule has 296 valence electrons. The van der Waals surface area contributed by atoms with Crippen molar-refractivity contribution in [2.75, 3.05) is 157 Å². The molecule has 0 radical (unpaired) electrons. The van der Waals surface area contributed by atoms with Crippen LogP contribution in [0.15, 0.2) is 18.1 Å². The normalized spacial score (nSPS) is 14.6. The Morgan fingerprint density at radius 3 is 1.24 bits per heavy atom. The van der Waals surface area contributed by atoms with Gasteiger partial charge in [0, 0.05) is 26.9 Å². The molecule has 0 saturated carbocycles. The Kier molecular flexibility index (Phi) is 20.7. The zero-order valence-corrected chi connectivity index (χ0v) is 41.1. The van der Waals surface area contributed by atoms with E-state index < -0.39 is 45.5 Å². The Bertz CT molecular complexity index is 1160. The summed E-state index contributed by atoms with van der Waals surface area (Å²) in [4.78, 5) is 0. The highest BCUT2D eigenvalue weighted by molar-refractivity contribution is 7.88. The molecule has 0 aromatic heterocycles. The zero-order chi connectivity index (χ0) is 38.9. The lowest BCUT2D eigenvalue weighted by Crippen LogP contribution is -2.41. The monoisotopic (exact) mass is 812 g/mol. The summed E-state index contributed by atoms with van der Waals surface area (Å²) in [5.74, 6) is 0. The van der Waals surface area contributed by atoms with Crippen molar-refractivity contribution in [1.29, 1.82) is 0 Å². The first kappa shape index (κ1) is 50.2. The first-order valence-electron chi connectivity index (χ1n) is 16.9. The highest BCUT2D eigenvalue weighted by Crippen LogP contribution is 2.83. The fourth-order valence-electron chi connectivity index (χ4n) is 4.12. The van der Waals surface area contributed by atoms with E-state index >= 15 is 0 Å². The van der Waals surface area contributed by atoms with Gasteiger partial charge in [0.2, 0.25) is 7.51 Å². The quantitative estimate of drug-likeness (QED) is 0.0696. The third-order valence-corrected chi connectivity index (χ3v) is 32.0. The molecule has 0 aliphatic heterocycles. The van der Waals surface area contributed by atoms with E-state index in [2.05, 4.69) is 185 Å². The molecular formula is C29H79N11O3P5Si+. The second kappa shape index (κ2) is 20.2. The Balaban J connectivity index is 6.88. The first-order chi connectivity index (χ1) is 21.9. The standard InChI is InChI=1S/C29H79N11O3P5Si/c1-29(2,3)49(21,22)43-28-27-42-26-25-41-24-23-30-48(39(12)13,40(14)15)34-47(31-44(16,17)18,32-45(19,35(4)5)36(6)7)33-46(20,37(8)9)38(10)11/h30H,23-28H2,1-22H3/q+1. The Morgan fingerprint density at radius 1 is 0.551 bits per heavy atom. The summed E-state index contributed by atoms with van der Waals surface area (Å²) in [6.45, 7) is 25.8. The van der Waals surface area contributed by atoms with Crippen LogP contribution in [0.25, 0.3) is 0 Å². The van der Waals surface area contributed by atoms with Gasteiger partial charge in [0.05, 0.1) is 33.0 Å². The molecule has 0 aromatic rings. The minimum absolute atomic E-state index is 0.193. The van der Waals surface area contributed by atoms with Crippen LogP contribution in [0.5, 0.6) is 0 Å². The average Bonchev–Trinajstić information content (AvgIpc) is 2.90. The Morgan fingerprint density at radius 2 is 0.918 bits per heavy atom. The zero-order valence-electron chi connectivity index (χ0n) is 35.7. The maximum Gasteiger partial charge on any atom is 0.496 e. The van der Waals surface area contributed by atoms with Crippen LogP contribution in [0.1, 0.15) is 20.8 Å². The molecule has 0 fully saturated rings. The van der Waals surface area contributed by atoms with Crippen molar-refractivity contribution in [1.82, 2.24) is 33.1 Å². The van der Waals surface area contributed by atoms with E-state index in [0.717, 1.165) is 0 Å². The van der Waals surface area contributed by atoms with Crippen LogP contribution in [-0.2, 0) is 13.9 Å². The van der Waals surface area contributed by atoms with E-state index in [0.29, 0.717) is 39.6 Å². The number of rotatable bonds is 21. The van der Waals surface area contributed by atoms with Crippen LogP contribution in [0.3, 0.4) is 0 Å². The van der Waals surface area contributed by atoms with Gasteiger partial charge in [-0.3, -0.25) is 23.8 Å². The van der Waals surface area contributed by atoms with E-state index in [1.165, 1.54) is 0 Å². The van der Waals surface area contributed by atoms with Crippen molar-refractivity contribution in [3.8, 4) is 0 Å². The Labute approximate surface area is 306 Å². The largest absolute Gasteiger partial charge is 0.496 e. The molecule has 20 heteroatoms. The van der Waals surface area contributed by atoms with Crippen molar-refractivity contribution >= 4 is 45.5 Å². The molecule has 0 atom stereocenters. The molecule has 0 bridgehead atoms. The van der Waals surface area contributed by atoms with Gasteiger partial charge in [-0.05, 0) is 136 Å². The molecule has 0 aliphatic carbocycles. The minimum atomic E-state index is -3.09. The van der Waals surface area contributed by atoms with Crippen LogP contribution >= 0.6 is 37.1 Å². The molecule has 0 saturated heterocycles. The van der Waals surface area contributed by atoms with Crippen molar-refractivity contribution < 1.29 is 13.9 Å². The molecule has 14 nitrogen and oxygen atoms in total. The second-order valence-corrected chi connectivity index (χ2v) is 38.3. The van der Waals surface area contributed by atoms with Crippen LogP contribution in [0.4, 0.5) is 0 Å². The van der Waals surface area contributed by atoms with E-state index in [1.54, 1.807) is 0 Å². The van der Waals surface area contributed by atoms with Crippen molar-refractivity contribution in [2.24, 2.45) is 18.1 Å². The summed E-state index contributed by atoms with van der Waals surface area (Å²) in [5.41, 5.74) is 0. The molecule has 0 heterocycles. The molecule has 49 heavy (non-hydrogen) atoms. The molecule has 0 rings (SSSR count). The number of hydrogen-bond donors (Lipinski definition) is 1. The van der Waals surface area contributed by atoms with Gasteiger partial charge in [0.1, 0.15) is 14.7 Å². The van der Waals surface area contributed by atoms with E-state index in [-0.39, 0.29) is 5.04 Å². The fourth-order valence-corrected chi connectivity index (χ4v) is 23.0. The lowest BCUT2D eigenvalue weighted by Gasteiger charge is -2.38. The Hall–Kier alpha value is 1.17. The van der Waals surface area contributed by atoms with Gasteiger partial charge in [-0.2, -0.15) is 0 Å². The maximum absolute atomic E-state index is 6.23. The lowest BCUT2D eigenvalue weighted by atomic mass is 10.2. The predicted molar refractivity (Wildman–Crippen MR) is 229 cm³/mol. The van der Waals surface area contributed by atoms with Gasteiger partial charge < -0.3 is 13.9 Å². The summed E-state index contributed by atoms with van der Waals surface area (Å²) >= 11 is 0. The topological polar surface area (TPSA) is 109 Å². The van der Waals surface area contributed by atoms with Gasteiger partial charge >= 0.3 is 7.87 Å². The van der Waals surface area contributed by atoms with Gasteiger partial charge in [-0.15, -0.1) is 0 Å². The summed E-state index contributed by atoms with van der Waals surface area (Å²) in [5, 5.41) is 4.04. The molecule has 1 N–H and O–H groups in total. The molecule has 0 aromatic carbocycles. The maximum atomic E-state index is 6.23. The predicted octanol–water partition coefficient (Wildman–Crippen LogP) is 8.04. The smallest absolute Gasteiger partial charge is 0.414 e. The highest BCUT2D eigenvalue weighted by Gasteiger charge is 2.51. The number of ether oxygens (including phenoxy) is 2. The van der Waals surface area contributed by atoms with Crippen molar-refractivity contribution in [2.45, 2.75) is 38.9 Å². The third-order valence-electron chi connectivity index (χ3n) is 8.80. The number of nitrogens with zero attached hydrogens (tertiary/aromatic N) is 10. The van der Waals surface area contributed by atoms with Crippen LogP contribution < -0.4 is 5.09 Å². The van der Waals surface area contributed by atoms with Crippen LogP contribution in [0, 0.1) is 0 Å². The summed E-state index contributed by atoms with van der Waals surface area (Å²) < 4.78 is 54.6. The summed E-state index contributed by atoms with van der Waals surface area (Å²) in [6.07, 6.45) is 0. The van der Waals surface area contributed by atoms with Gasteiger partial charge in [-0.25, -0.2) is 9.34 Å². The third kappa shape index (κ3) is 15.1. The summed E-state index contributed by atoms with van der Waals surface area (Å²) in [6, 6.07) is 0. The lowest BCUT2D eigenvalue weighted by molar-refractivity contribution is 0.0364.